The molecule has 7 heteroatoms. The number of aromatic nitrogens is 2. The highest BCUT2D eigenvalue weighted by atomic mass is 19.1. The van der Waals surface area contributed by atoms with Gasteiger partial charge in [-0.3, -0.25) is 0 Å². The molecule has 0 saturated heterocycles. The lowest BCUT2D eigenvalue weighted by molar-refractivity contribution is 0.411. The van der Waals surface area contributed by atoms with E-state index in [1.165, 1.54) is 19.2 Å². The Morgan fingerprint density at radius 1 is 1.38 bits per heavy atom. The minimum atomic E-state index is -0.374. The normalized spacial score (nSPS) is 12.2. The van der Waals surface area contributed by atoms with Crippen molar-refractivity contribution in [3.05, 3.63) is 29.9 Å². The quantitative estimate of drug-likeness (QED) is 0.818. The molecule has 6 nitrogen and oxygen atoms in total. The van der Waals surface area contributed by atoms with E-state index in [0.29, 0.717) is 17.3 Å². The SMILES string of the molecule is CCCNC(C)c1nnc(Nc2ccc(F)cc2OC)o1. The van der Waals surface area contributed by atoms with Crippen LogP contribution in [0.25, 0.3) is 0 Å². The number of anilines is 2. The number of hydrogen-bond acceptors (Lipinski definition) is 6. The van der Waals surface area contributed by atoms with Crippen LogP contribution >= 0.6 is 0 Å². The molecule has 0 fully saturated rings. The summed E-state index contributed by atoms with van der Waals surface area (Å²) in [5, 5.41) is 14.1. The fraction of sp³-hybridized carbons (Fsp3) is 0.429. The molecule has 114 valence electrons. The number of halogens is 1. The summed E-state index contributed by atoms with van der Waals surface area (Å²) in [6, 6.07) is 4.37. The minimum Gasteiger partial charge on any atom is -0.494 e. The van der Waals surface area contributed by atoms with E-state index in [0.717, 1.165) is 13.0 Å². The van der Waals surface area contributed by atoms with Gasteiger partial charge in [-0.25, -0.2) is 4.39 Å². The molecule has 0 radical (unpaired) electrons. The van der Waals surface area contributed by atoms with Gasteiger partial charge in [-0.05, 0) is 32.0 Å². The number of rotatable bonds is 7. The molecule has 0 aliphatic carbocycles. The van der Waals surface area contributed by atoms with Crippen LogP contribution in [0.5, 0.6) is 5.75 Å². The van der Waals surface area contributed by atoms with Crippen LogP contribution in [0, 0.1) is 5.82 Å². The van der Waals surface area contributed by atoms with Crippen LogP contribution in [0.1, 0.15) is 32.2 Å². The number of methoxy groups -OCH3 is 1. The van der Waals surface area contributed by atoms with Crippen LogP contribution in [0.15, 0.2) is 22.6 Å². The van der Waals surface area contributed by atoms with Gasteiger partial charge in [0.15, 0.2) is 0 Å². The Hall–Kier alpha value is -2.15. The third-order valence-corrected chi connectivity index (χ3v) is 2.92. The van der Waals surface area contributed by atoms with Crippen molar-refractivity contribution in [2.45, 2.75) is 26.3 Å². The van der Waals surface area contributed by atoms with Gasteiger partial charge in [-0.15, -0.1) is 5.10 Å². The molecule has 2 aromatic rings. The summed E-state index contributed by atoms with van der Waals surface area (Å²) in [7, 11) is 1.47. The molecule has 0 aliphatic rings. The molecule has 0 saturated carbocycles. The van der Waals surface area contributed by atoms with Gasteiger partial charge in [0.05, 0.1) is 18.8 Å². The fourth-order valence-electron chi connectivity index (χ4n) is 1.79. The van der Waals surface area contributed by atoms with Crippen molar-refractivity contribution in [3.8, 4) is 5.75 Å². The fourth-order valence-corrected chi connectivity index (χ4v) is 1.79. The number of benzene rings is 1. The number of nitrogens with one attached hydrogen (secondary N) is 2. The van der Waals surface area contributed by atoms with Gasteiger partial charge in [0.1, 0.15) is 11.6 Å². The first-order valence-electron chi connectivity index (χ1n) is 6.81. The van der Waals surface area contributed by atoms with E-state index >= 15 is 0 Å². The van der Waals surface area contributed by atoms with Crippen LogP contribution in [0.3, 0.4) is 0 Å². The van der Waals surface area contributed by atoms with E-state index in [1.807, 2.05) is 6.92 Å². The van der Waals surface area contributed by atoms with Gasteiger partial charge in [-0.1, -0.05) is 12.0 Å². The van der Waals surface area contributed by atoms with Crippen molar-refractivity contribution >= 4 is 11.7 Å². The van der Waals surface area contributed by atoms with Gasteiger partial charge in [0.25, 0.3) is 0 Å². The van der Waals surface area contributed by atoms with E-state index in [1.54, 1.807) is 6.07 Å². The van der Waals surface area contributed by atoms with Gasteiger partial charge < -0.3 is 19.8 Å². The first-order chi connectivity index (χ1) is 10.1. The Morgan fingerprint density at radius 2 is 2.19 bits per heavy atom. The van der Waals surface area contributed by atoms with Crippen molar-refractivity contribution in [1.82, 2.24) is 15.5 Å². The lowest BCUT2D eigenvalue weighted by Crippen LogP contribution is -2.19. The van der Waals surface area contributed by atoms with Crippen molar-refractivity contribution in [3.63, 3.8) is 0 Å². The van der Waals surface area contributed by atoms with Crippen molar-refractivity contribution in [1.29, 1.82) is 0 Å². The van der Waals surface area contributed by atoms with Crippen molar-refractivity contribution < 1.29 is 13.5 Å². The van der Waals surface area contributed by atoms with Crippen LogP contribution < -0.4 is 15.4 Å². The standard InChI is InChI=1S/C14H19FN4O2/c1-4-7-16-9(2)13-18-19-14(21-13)17-11-6-5-10(15)8-12(11)20-3/h5-6,8-9,16H,4,7H2,1-3H3,(H,17,19). The number of nitrogens with zero attached hydrogens (tertiary/aromatic N) is 2. The Bertz CT molecular complexity index is 588. The topological polar surface area (TPSA) is 72.2 Å². The van der Waals surface area contributed by atoms with Crippen LogP contribution in [0.4, 0.5) is 16.1 Å². The van der Waals surface area contributed by atoms with E-state index < -0.39 is 0 Å². The predicted molar refractivity (Wildman–Crippen MR) is 77.2 cm³/mol. The maximum atomic E-state index is 13.1. The number of ether oxygens (including phenoxy) is 1. The zero-order valence-electron chi connectivity index (χ0n) is 12.3. The summed E-state index contributed by atoms with van der Waals surface area (Å²) < 4.78 is 23.8. The lowest BCUT2D eigenvalue weighted by Gasteiger charge is -2.09. The molecule has 1 unspecified atom stereocenters. The Labute approximate surface area is 122 Å². The molecular formula is C14H19FN4O2. The highest BCUT2D eigenvalue weighted by molar-refractivity contribution is 5.61. The molecule has 2 N–H and O–H groups in total. The maximum absolute atomic E-state index is 13.1. The van der Waals surface area contributed by atoms with Crippen LogP contribution in [-0.2, 0) is 0 Å². The molecule has 1 heterocycles. The summed E-state index contributed by atoms with van der Waals surface area (Å²) in [4.78, 5) is 0. The monoisotopic (exact) mass is 294 g/mol. The molecule has 1 aromatic carbocycles. The second-order valence-corrected chi connectivity index (χ2v) is 4.59. The highest BCUT2D eigenvalue weighted by Crippen LogP contribution is 2.28. The molecule has 0 bridgehead atoms. The Kier molecular flexibility index (Phi) is 5.10. The van der Waals surface area contributed by atoms with Gasteiger partial charge >= 0.3 is 6.01 Å². The largest absolute Gasteiger partial charge is 0.494 e. The molecule has 21 heavy (non-hydrogen) atoms. The zero-order chi connectivity index (χ0) is 15.2. The number of hydrogen-bond donors (Lipinski definition) is 2. The highest BCUT2D eigenvalue weighted by Gasteiger charge is 2.14. The summed E-state index contributed by atoms with van der Waals surface area (Å²) in [5.74, 6) is 0.486. The molecule has 0 aliphatic heterocycles. The van der Waals surface area contributed by atoms with Gasteiger partial charge in [0.2, 0.25) is 5.89 Å². The summed E-state index contributed by atoms with van der Waals surface area (Å²) in [5.41, 5.74) is 0.559. The first-order valence-corrected chi connectivity index (χ1v) is 6.81. The van der Waals surface area contributed by atoms with Crippen LogP contribution in [0.2, 0.25) is 0 Å². The third kappa shape index (κ3) is 3.91. The summed E-state index contributed by atoms with van der Waals surface area (Å²) in [6.45, 7) is 4.91. The van der Waals surface area contributed by atoms with E-state index in [2.05, 4.69) is 27.8 Å². The Morgan fingerprint density at radius 3 is 2.90 bits per heavy atom. The summed E-state index contributed by atoms with van der Waals surface area (Å²) in [6.07, 6.45) is 1.02. The molecular weight excluding hydrogens is 275 g/mol. The first kappa shape index (κ1) is 15.2. The van der Waals surface area contributed by atoms with Gasteiger partial charge in [0, 0.05) is 6.07 Å². The second-order valence-electron chi connectivity index (χ2n) is 4.59. The van der Waals surface area contributed by atoms with Crippen LogP contribution in [-0.4, -0.2) is 23.9 Å². The predicted octanol–water partition coefficient (Wildman–Crippen LogP) is 3.02. The average molecular weight is 294 g/mol. The van der Waals surface area contributed by atoms with Crippen molar-refractivity contribution in [2.24, 2.45) is 0 Å². The average Bonchev–Trinajstić information content (AvgIpc) is 2.95. The van der Waals surface area contributed by atoms with Gasteiger partial charge in [-0.2, -0.15) is 0 Å². The minimum absolute atomic E-state index is 0.0249. The second kappa shape index (κ2) is 7.03. The maximum Gasteiger partial charge on any atom is 0.320 e. The summed E-state index contributed by atoms with van der Waals surface area (Å²) >= 11 is 0. The molecule has 0 amide bonds. The lowest BCUT2D eigenvalue weighted by atomic mass is 10.3. The smallest absolute Gasteiger partial charge is 0.320 e. The van der Waals surface area contributed by atoms with Crippen molar-refractivity contribution in [2.75, 3.05) is 19.0 Å². The Balaban J connectivity index is 2.09. The molecule has 0 spiro atoms. The zero-order valence-corrected chi connectivity index (χ0v) is 12.3. The molecule has 2 rings (SSSR count). The molecule has 1 aromatic heterocycles. The van der Waals surface area contributed by atoms with E-state index in [9.17, 15) is 4.39 Å². The molecule has 1 atom stereocenters. The van der Waals surface area contributed by atoms with E-state index in [4.69, 9.17) is 9.15 Å². The third-order valence-electron chi connectivity index (χ3n) is 2.92. The van der Waals surface area contributed by atoms with E-state index in [-0.39, 0.29) is 17.9 Å².